The molecule has 1 saturated carbocycles. The van der Waals surface area contributed by atoms with Crippen LogP contribution in [0.4, 0.5) is 0 Å². The van der Waals surface area contributed by atoms with Crippen molar-refractivity contribution in [2.45, 2.75) is 57.0 Å². The van der Waals surface area contributed by atoms with Gasteiger partial charge in [-0.05, 0) is 36.5 Å². The topological polar surface area (TPSA) is 20.2 Å². The highest BCUT2D eigenvalue weighted by molar-refractivity contribution is 14.1. The Kier molecular flexibility index (Phi) is 4.27. The number of halogens is 1. The molecule has 1 fully saturated rings. The van der Waals surface area contributed by atoms with Gasteiger partial charge in [-0.1, -0.05) is 50.3 Å². The molecule has 14 heavy (non-hydrogen) atoms. The summed E-state index contributed by atoms with van der Waals surface area (Å²) in [4.78, 5) is 0. The first-order valence-corrected chi connectivity index (χ1v) is 6.91. The second kappa shape index (κ2) is 4.69. The molecule has 0 spiro atoms. The van der Waals surface area contributed by atoms with Crippen LogP contribution in [0.15, 0.2) is 0 Å². The molecule has 0 heterocycles. The molecule has 1 nitrogen and oxygen atoms in total. The highest BCUT2D eigenvalue weighted by atomic mass is 127. The van der Waals surface area contributed by atoms with Gasteiger partial charge in [0, 0.05) is 3.92 Å². The van der Waals surface area contributed by atoms with Crippen molar-refractivity contribution in [2.75, 3.05) is 0 Å². The van der Waals surface area contributed by atoms with E-state index in [-0.39, 0.29) is 11.5 Å². The van der Waals surface area contributed by atoms with E-state index >= 15 is 0 Å². The lowest BCUT2D eigenvalue weighted by Gasteiger charge is -2.42. The van der Waals surface area contributed by atoms with Crippen LogP contribution in [-0.2, 0) is 0 Å². The summed E-state index contributed by atoms with van der Waals surface area (Å²) in [5.74, 6) is 1.56. The number of rotatable bonds is 2. The summed E-state index contributed by atoms with van der Waals surface area (Å²) < 4.78 is 0.763. The average molecular weight is 310 g/mol. The molecule has 0 aromatic heterocycles. The third kappa shape index (κ3) is 2.84. The van der Waals surface area contributed by atoms with Crippen molar-refractivity contribution in [3.63, 3.8) is 0 Å². The van der Waals surface area contributed by atoms with Crippen LogP contribution in [0.25, 0.3) is 0 Å². The Morgan fingerprint density at radius 1 is 1.29 bits per heavy atom. The summed E-state index contributed by atoms with van der Waals surface area (Å²) in [6.45, 7) is 9.01. The van der Waals surface area contributed by atoms with Crippen molar-refractivity contribution in [3.05, 3.63) is 0 Å². The molecule has 84 valence electrons. The second-order valence-electron chi connectivity index (χ2n) is 5.73. The quantitative estimate of drug-likeness (QED) is 0.610. The van der Waals surface area contributed by atoms with Gasteiger partial charge in [0.1, 0.15) is 0 Å². The highest BCUT2D eigenvalue weighted by Crippen LogP contribution is 2.43. The Balaban J connectivity index is 2.59. The normalized spacial score (nSPS) is 34.5. The predicted molar refractivity (Wildman–Crippen MR) is 69.8 cm³/mol. The Hall–Kier alpha value is 0.690. The predicted octanol–water partition coefficient (Wildman–Crippen LogP) is 3.63. The van der Waals surface area contributed by atoms with E-state index in [0.717, 1.165) is 22.2 Å². The van der Waals surface area contributed by atoms with E-state index < -0.39 is 0 Å². The standard InChI is InChI=1S/C12H23IO/c1-8(2)11(13)9-5-6-10(14)12(3,4)7-9/h8-11,14H,5-7H2,1-4H3. The summed E-state index contributed by atoms with van der Waals surface area (Å²) >= 11 is 2.59. The molecular weight excluding hydrogens is 287 g/mol. The summed E-state index contributed by atoms with van der Waals surface area (Å²) in [7, 11) is 0. The number of aliphatic hydroxyl groups excluding tert-OH is 1. The smallest absolute Gasteiger partial charge is 0.0591 e. The number of hydrogen-bond acceptors (Lipinski definition) is 1. The zero-order valence-electron chi connectivity index (χ0n) is 9.76. The maximum atomic E-state index is 9.87. The Morgan fingerprint density at radius 2 is 1.86 bits per heavy atom. The molecule has 0 aromatic carbocycles. The number of alkyl halides is 1. The van der Waals surface area contributed by atoms with Gasteiger partial charge in [-0.3, -0.25) is 0 Å². The third-order valence-electron chi connectivity index (χ3n) is 3.59. The molecule has 0 aromatic rings. The SMILES string of the molecule is CC(C)C(I)C1CCC(O)C(C)(C)C1. The van der Waals surface area contributed by atoms with E-state index in [1.54, 1.807) is 0 Å². The van der Waals surface area contributed by atoms with Crippen LogP contribution < -0.4 is 0 Å². The zero-order chi connectivity index (χ0) is 10.9. The molecule has 0 radical (unpaired) electrons. The van der Waals surface area contributed by atoms with Gasteiger partial charge in [-0.15, -0.1) is 0 Å². The lowest BCUT2D eigenvalue weighted by atomic mass is 9.68. The molecule has 3 unspecified atom stereocenters. The van der Waals surface area contributed by atoms with E-state index in [1.807, 2.05) is 0 Å². The first-order chi connectivity index (χ1) is 6.34. The van der Waals surface area contributed by atoms with Crippen LogP contribution in [0.3, 0.4) is 0 Å². The van der Waals surface area contributed by atoms with E-state index in [4.69, 9.17) is 0 Å². The molecule has 0 aliphatic heterocycles. The van der Waals surface area contributed by atoms with Gasteiger partial charge in [0.25, 0.3) is 0 Å². The van der Waals surface area contributed by atoms with Crippen molar-refractivity contribution in [1.82, 2.24) is 0 Å². The van der Waals surface area contributed by atoms with Gasteiger partial charge in [0.15, 0.2) is 0 Å². The molecular formula is C12H23IO. The zero-order valence-corrected chi connectivity index (χ0v) is 11.9. The minimum Gasteiger partial charge on any atom is -0.393 e. The third-order valence-corrected chi connectivity index (χ3v) is 6.04. The summed E-state index contributed by atoms with van der Waals surface area (Å²) in [6.07, 6.45) is 3.29. The largest absolute Gasteiger partial charge is 0.393 e. The van der Waals surface area contributed by atoms with E-state index in [1.165, 1.54) is 12.8 Å². The molecule has 0 saturated heterocycles. The molecule has 1 rings (SSSR count). The molecule has 0 bridgehead atoms. The van der Waals surface area contributed by atoms with Gasteiger partial charge in [0.2, 0.25) is 0 Å². The van der Waals surface area contributed by atoms with Crippen molar-refractivity contribution in [3.8, 4) is 0 Å². The van der Waals surface area contributed by atoms with Crippen LogP contribution in [0.5, 0.6) is 0 Å². The first kappa shape index (κ1) is 12.8. The Labute approximate surface area is 102 Å². The van der Waals surface area contributed by atoms with Crippen molar-refractivity contribution in [2.24, 2.45) is 17.3 Å². The molecule has 1 aliphatic rings. The fraction of sp³-hybridized carbons (Fsp3) is 1.00. The monoisotopic (exact) mass is 310 g/mol. The van der Waals surface area contributed by atoms with Crippen LogP contribution >= 0.6 is 22.6 Å². The summed E-state index contributed by atoms with van der Waals surface area (Å²) in [6, 6.07) is 0. The van der Waals surface area contributed by atoms with Gasteiger partial charge in [0.05, 0.1) is 6.10 Å². The van der Waals surface area contributed by atoms with Crippen LogP contribution in [-0.4, -0.2) is 15.1 Å². The van der Waals surface area contributed by atoms with Crippen molar-refractivity contribution in [1.29, 1.82) is 0 Å². The maximum absolute atomic E-state index is 9.87. The molecule has 1 N–H and O–H groups in total. The summed E-state index contributed by atoms with van der Waals surface area (Å²) in [5, 5.41) is 9.87. The summed E-state index contributed by atoms with van der Waals surface area (Å²) in [5.41, 5.74) is 0.126. The van der Waals surface area contributed by atoms with Gasteiger partial charge < -0.3 is 5.11 Å². The molecule has 2 heteroatoms. The van der Waals surface area contributed by atoms with Crippen molar-refractivity contribution < 1.29 is 5.11 Å². The lowest BCUT2D eigenvalue weighted by Crippen LogP contribution is -2.39. The van der Waals surface area contributed by atoms with Crippen molar-refractivity contribution >= 4 is 22.6 Å². The maximum Gasteiger partial charge on any atom is 0.0591 e. The first-order valence-electron chi connectivity index (χ1n) is 5.66. The molecule has 0 amide bonds. The van der Waals surface area contributed by atoms with Crippen LogP contribution in [0.1, 0.15) is 47.0 Å². The minimum absolute atomic E-state index is 0.0884. The molecule has 3 atom stereocenters. The van der Waals surface area contributed by atoms with E-state index in [9.17, 15) is 5.11 Å². The average Bonchev–Trinajstić information content (AvgIpc) is 2.08. The Bertz CT molecular complexity index is 189. The number of aliphatic hydroxyl groups is 1. The fourth-order valence-corrected chi connectivity index (χ4v) is 3.11. The lowest BCUT2D eigenvalue weighted by molar-refractivity contribution is -0.00870. The van der Waals surface area contributed by atoms with Gasteiger partial charge in [-0.2, -0.15) is 0 Å². The van der Waals surface area contributed by atoms with Crippen LogP contribution in [0.2, 0.25) is 0 Å². The van der Waals surface area contributed by atoms with E-state index in [0.29, 0.717) is 0 Å². The molecule has 1 aliphatic carbocycles. The highest BCUT2D eigenvalue weighted by Gasteiger charge is 2.38. The minimum atomic E-state index is -0.0884. The van der Waals surface area contributed by atoms with Crippen LogP contribution in [0, 0.1) is 17.3 Å². The fourth-order valence-electron chi connectivity index (χ4n) is 2.49. The van der Waals surface area contributed by atoms with Gasteiger partial charge >= 0.3 is 0 Å². The Morgan fingerprint density at radius 3 is 2.29 bits per heavy atom. The van der Waals surface area contributed by atoms with Gasteiger partial charge in [-0.25, -0.2) is 0 Å². The second-order valence-corrected chi connectivity index (χ2v) is 7.17. The van der Waals surface area contributed by atoms with E-state index in [2.05, 4.69) is 50.3 Å². The number of hydrogen-bond donors (Lipinski definition) is 1.